The molecule has 0 saturated carbocycles. The average Bonchev–Trinajstić information content (AvgIpc) is 3.41. The van der Waals surface area contributed by atoms with Crippen molar-refractivity contribution in [2.24, 2.45) is 0 Å². The number of anilines is 3. The summed E-state index contributed by atoms with van der Waals surface area (Å²) in [5.74, 6) is -1.48. The van der Waals surface area contributed by atoms with E-state index >= 15 is 4.39 Å². The molecule has 3 heterocycles. The first-order chi connectivity index (χ1) is 22.8. The number of benzene rings is 1. The smallest absolute Gasteiger partial charge is 0.416 e. The summed E-state index contributed by atoms with van der Waals surface area (Å²) in [5.41, 5.74) is 0.565. The summed E-state index contributed by atoms with van der Waals surface area (Å²) in [4.78, 5) is 46.5. The van der Waals surface area contributed by atoms with E-state index in [0.29, 0.717) is 47.9 Å². The molecule has 12 nitrogen and oxygen atoms in total. The lowest BCUT2D eigenvalue weighted by molar-refractivity contribution is -0.114. The van der Waals surface area contributed by atoms with Crippen LogP contribution in [-0.4, -0.2) is 74.1 Å². The van der Waals surface area contributed by atoms with Gasteiger partial charge in [-0.1, -0.05) is 32.6 Å². The quantitative estimate of drug-likeness (QED) is 0.224. The molecule has 2 N–H and O–H groups in total. The second-order valence-corrected chi connectivity index (χ2v) is 14.4. The largest absolute Gasteiger partial charge is 0.444 e. The van der Waals surface area contributed by atoms with Gasteiger partial charge in [0.05, 0.1) is 18.8 Å². The van der Waals surface area contributed by atoms with Gasteiger partial charge in [0.2, 0.25) is 0 Å². The number of rotatable bonds is 9. The van der Waals surface area contributed by atoms with Gasteiger partial charge in [-0.3, -0.25) is 9.69 Å². The van der Waals surface area contributed by atoms with Gasteiger partial charge in [0.1, 0.15) is 29.0 Å². The van der Waals surface area contributed by atoms with E-state index in [-0.39, 0.29) is 19.0 Å². The number of fused-ring (bicyclic) bond motifs is 1. The number of amides is 3. The van der Waals surface area contributed by atoms with E-state index in [4.69, 9.17) is 14.5 Å². The van der Waals surface area contributed by atoms with Crippen LogP contribution in [0.15, 0.2) is 48.9 Å². The molecule has 0 radical (unpaired) electrons. The maximum absolute atomic E-state index is 15.4. The summed E-state index contributed by atoms with van der Waals surface area (Å²) in [6, 6.07) is 7.39. The van der Waals surface area contributed by atoms with Gasteiger partial charge in [-0.05, 0) is 78.0 Å². The van der Waals surface area contributed by atoms with Crippen molar-refractivity contribution in [1.82, 2.24) is 19.5 Å². The number of ether oxygens (including phenoxy) is 2. The van der Waals surface area contributed by atoms with Crippen LogP contribution < -0.4 is 15.5 Å². The Labute approximate surface area is 285 Å². The highest BCUT2D eigenvalue weighted by molar-refractivity contribution is 6.01. The number of halogens is 2. The molecule has 2 atom stereocenters. The van der Waals surface area contributed by atoms with Gasteiger partial charge in [0, 0.05) is 30.4 Å². The highest BCUT2D eigenvalue weighted by Crippen LogP contribution is 2.30. The van der Waals surface area contributed by atoms with Crippen LogP contribution in [-0.2, 0) is 20.8 Å². The molecule has 2 aromatic heterocycles. The molecule has 1 aliphatic rings. The number of hydrogen-bond acceptors (Lipinski definition) is 8. The first-order valence-electron chi connectivity index (χ1n) is 16.3. The fourth-order valence-corrected chi connectivity index (χ4v) is 5.34. The van der Waals surface area contributed by atoms with Crippen LogP contribution in [0.2, 0.25) is 0 Å². The molecular weight excluding hydrogens is 636 g/mol. The Morgan fingerprint density at radius 3 is 2.43 bits per heavy atom. The molecule has 3 amide bonds. The van der Waals surface area contributed by atoms with Gasteiger partial charge < -0.3 is 25.0 Å². The number of likely N-dealkylation sites (tertiary alicyclic amines) is 1. The summed E-state index contributed by atoms with van der Waals surface area (Å²) in [6.45, 7) is 17.9. The first kappa shape index (κ1) is 37.1. The zero-order valence-electron chi connectivity index (χ0n) is 29.5. The minimum atomic E-state index is -1.29. The SMILES string of the molecule is C=C(F)C(=O)Nc1cccc(CN(C(=O)OC(C)(C)C)c2cc(NCC3C(F)CCCN3C(=O)OC(C)(C)C)nc3c(C(C)C)cnn23)c1. The standard InChI is InChI=1S/C35H47F2N7O5/c1-21(2)25-18-39-44-29(43(33(47)49-35(7,8)9)20-23-12-10-13-24(16-23)40-31(45)22(3)36)17-28(41-30(25)44)38-19-27-26(37)14-11-15-42(27)32(46)48-34(4,5)6/h10,12-13,16-18,21,26-27H,3,11,14-15,19-20H2,1-2,4-9H3,(H,38,41)(H,40,45). The van der Waals surface area contributed by atoms with Gasteiger partial charge >= 0.3 is 12.2 Å². The van der Waals surface area contributed by atoms with Crippen molar-refractivity contribution in [3.8, 4) is 0 Å². The van der Waals surface area contributed by atoms with E-state index in [1.807, 2.05) is 13.8 Å². The molecule has 266 valence electrons. The predicted molar refractivity (Wildman–Crippen MR) is 184 cm³/mol. The number of hydrogen-bond donors (Lipinski definition) is 2. The highest BCUT2D eigenvalue weighted by atomic mass is 19.1. The van der Waals surface area contributed by atoms with Crippen molar-refractivity contribution < 1.29 is 32.6 Å². The van der Waals surface area contributed by atoms with Crippen LogP contribution in [0.25, 0.3) is 5.65 Å². The van der Waals surface area contributed by atoms with Crippen molar-refractivity contribution in [3.63, 3.8) is 0 Å². The Hall–Kier alpha value is -4.75. The van der Waals surface area contributed by atoms with E-state index in [0.717, 1.165) is 5.56 Å². The van der Waals surface area contributed by atoms with E-state index in [1.54, 1.807) is 78.1 Å². The number of aromatic nitrogens is 3. The summed E-state index contributed by atoms with van der Waals surface area (Å²) in [6.07, 6.45) is -0.0818. The van der Waals surface area contributed by atoms with E-state index in [2.05, 4.69) is 22.3 Å². The maximum atomic E-state index is 15.4. The molecule has 1 aromatic carbocycles. The lowest BCUT2D eigenvalue weighted by atomic mass is 10.0. The Morgan fingerprint density at radius 2 is 1.80 bits per heavy atom. The highest BCUT2D eigenvalue weighted by Gasteiger charge is 2.37. The fourth-order valence-electron chi connectivity index (χ4n) is 5.34. The number of piperidine rings is 1. The van der Waals surface area contributed by atoms with Crippen LogP contribution in [0.4, 0.5) is 35.7 Å². The molecule has 0 bridgehead atoms. The molecule has 0 aliphatic carbocycles. The summed E-state index contributed by atoms with van der Waals surface area (Å²) in [5, 5.41) is 10.2. The van der Waals surface area contributed by atoms with Crippen LogP contribution in [0.5, 0.6) is 0 Å². The number of alkyl halides is 1. The molecular formula is C35H47F2N7O5. The molecule has 1 saturated heterocycles. The third-order valence-electron chi connectivity index (χ3n) is 7.58. The molecule has 4 rings (SSSR count). The number of nitrogens with one attached hydrogen (secondary N) is 2. The van der Waals surface area contributed by atoms with Crippen LogP contribution in [0.1, 0.15) is 85.3 Å². The number of carbonyl (C=O) groups is 3. The third-order valence-corrected chi connectivity index (χ3v) is 7.58. The Bertz CT molecular complexity index is 1700. The topological polar surface area (TPSA) is 130 Å². The monoisotopic (exact) mass is 683 g/mol. The fraction of sp³-hybridized carbons (Fsp3) is 0.514. The van der Waals surface area contributed by atoms with Crippen molar-refractivity contribution in [3.05, 3.63) is 60.1 Å². The van der Waals surface area contributed by atoms with Crippen molar-refractivity contribution in [1.29, 1.82) is 0 Å². The minimum absolute atomic E-state index is 0.0184. The lowest BCUT2D eigenvalue weighted by Crippen LogP contribution is -2.54. The van der Waals surface area contributed by atoms with Crippen molar-refractivity contribution in [2.75, 3.05) is 28.6 Å². The Balaban J connectivity index is 1.76. The summed E-state index contributed by atoms with van der Waals surface area (Å²) >= 11 is 0. The third kappa shape index (κ3) is 9.67. The van der Waals surface area contributed by atoms with Gasteiger partial charge in [0.25, 0.3) is 5.91 Å². The summed E-state index contributed by atoms with van der Waals surface area (Å²) in [7, 11) is 0. The number of nitrogens with zero attached hydrogens (tertiary/aromatic N) is 5. The average molecular weight is 684 g/mol. The van der Waals surface area contributed by atoms with Gasteiger partial charge in [-0.15, -0.1) is 0 Å². The Morgan fingerprint density at radius 1 is 1.10 bits per heavy atom. The van der Waals surface area contributed by atoms with Crippen molar-refractivity contribution >= 4 is 41.1 Å². The molecule has 1 aliphatic heterocycles. The zero-order valence-corrected chi connectivity index (χ0v) is 29.5. The molecule has 14 heteroatoms. The van der Waals surface area contributed by atoms with E-state index in [1.165, 1.54) is 14.3 Å². The van der Waals surface area contributed by atoms with E-state index < -0.39 is 47.3 Å². The molecule has 0 spiro atoms. The normalized spacial score (nSPS) is 16.8. The second-order valence-electron chi connectivity index (χ2n) is 14.4. The molecule has 49 heavy (non-hydrogen) atoms. The zero-order chi connectivity index (χ0) is 36.3. The van der Waals surface area contributed by atoms with Gasteiger partial charge in [0.15, 0.2) is 11.5 Å². The van der Waals surface area contributed by atoms with Crippen LogP contribution >= 0.6 is 0 Å². The Kier molecular flexibility index (Phi) is 11.2. The first-order valence-corrected chi connectivity index (χ1v) is 16.3. The van der Waals surface area contributed by atoms with Crippen LogP contribution in [0, 0.1) is 0 Å². The lowest BCUT2D eigenvalue weighted by Gasteiger charge is -2.38. The summed E-state index contributed by atoms with van der Waals surface area (Å²) < 4.78 is 41.7. The van der Waals surface area contributed by atoms with Gasteiger partial charge in [-0.2, -0.15) is 9.61 Å². The molecule has 1 fully saturated rings. The van der Waals surface area contributed by atoms with Gasteiger partial charge in [-0.25, -0.2) is 23.4 Å². The second kappa shape index (κ2) is 14.8. The molecule has 2 unspecified atom stereocenters. The minimum Gasteiger partial charge on any atom is -0.444 e. The maximum Gasteiger partial charge on any atom is 0.416 e. The van der Waals surface area contributed by atoms with Crippen molar-refractivity contribution in [2.45, 2.75) is 104 Å². The predicted octanol–water partition coefficient (Wildman–Crippen LogP) is 7.37. The number of carbonyl (C=O) groups excluding carboxylic acids is 3. The van der Waals surface area contributed by atoms with E-state index in [9.17, 15) is 18.8 Å². The van der Waals surface area contributed by atoms with Crippen LogP contribution in [0.3, 0.4) is 0 Å². The molecule has 3 aromatic rings.